The fourth-order valence-corrected chi connectivity index (χ4v) is 2.56. The Morgan fingerprint density at radius 2 is 2.00 bits per heavy atom. The van der Waals surface area contributed by atoms with Gasteiger partial charge in [0.2, 0.25) is 0 Å². The average molecular weight is 194 g/mol. The Morgan fingerprint density at radius 3 is 2.54 bits per heavy atom. The smallest absolute Gasteiger partial charge is 0.136 e. The molecular weight excluding hydrogens is 180 g/mol. The summed E-state index contributed by atoms with van der Waals surface area (Å²) in [5.74, 6) is 1.10. The molecule has 0 spiro atoms. The van der Waals surface area contributed by atoms with E-state index in [4.69, 9.17) is 4.74 Å². The Balaban J connectivity index is 2.29. The van der Waals surface area contributed by atoms with Crippen molar-refractivity contribution in [3.8, 4) is 0 Å². The zero-order valence-electron chi connectivity index (χ0n) is 8.04. The van der Waals surface area contributed by atoms with Gasteiger partial charge in [0, 0.05) is 5.75 Å². The highest BCUT2D eigenvalue weighted by Crippen LogP contribution is 2.41. The molecule has 1 aliphatic heterocycles. The maximum absolute atomic E-state index is 5.73. The minimum Gasteiger partial charge on any atom is -0.359 e. The monoisotopic (exact) mass is 194 g/mol. The Morgan fingerprint density at radius 1 is 1.31 bits per heavy atom. The number of rotatable bonds is 1. The highest BCUT2D eigenvalue weighted by atomic mass is 32.2. The number of thioether (sulfide) groups is 1. The van der Waals surface area contributed by atoms with E-state index in [1.807, 2.05) is 11.8 Å². The second-order valence-corrected chi connectivity index (χ2v) is 4.98. The van der Waals surface area contributed by atoms with Crippen LogP contribution in [0.15, 0.2) is 24.3 Å². The van der Waals surface area contributed by atoms with Gasteiger partial charge in [-0.3, -0.25) is 0 Å². The van der Waals surface area contributed by atoms with Gasteiger partial charge in [-0.25, -0.2) is 0 Å². The first-order valence-corrected chi connectivity index (χ1v) is 5.54. The maximum atomic E-state index is 5.73. The highest BCUT2D eigenvalue weighted by molar-refractivity contribution is 8.00. The van der Waals surface area contributed by atoms with Crippen molar-refractivity contribution in [3.05, 3.63) is 35.4 Å². The molecule has 0 bridgehead atoms. The molecule has 1 atom stereocenters. The van der Waals surface area contributed by atoms with E-state index < -0.39 is 0 Å². The lowest BCUT2D eigenvalue weighted by Crippen LogP contribution is -2.15. The van der Waals surface area contributed by atoms with Gasteiger partial charge >= 0.3 is 0 Å². The standard InChI is InChI=1S/C11H14OS/c1-9-3-5-10(6-4-9)11(2)12-7-8-13-11/h3-6H,7-8H2,1-2H3. The van der Waals surface area contributed by atoms with E-state index in [1.165, 1.54) is 11.1 Å². The number of aryl methyl sites for hydroxylation is 1. The van der Waals surface area contributed by atoms with Gasteiger partial charge in [-0.2, -0.15) is 0 Å². The van der Waals surface area contributed by atoms with Gasteiger partial charge in [-0.1, -0.05) is 29.8 Å². The van der Waals surface area contributed by atoms with E-state index in [2.05, 4.69) is 38.1 Å². The van der Waals surface area contributed by atoms with Crippen molar-refractivity contribution in [1.29, 1.82) is 0 Å². The van der Waals surface area contributed by atoms with Crippen molar-refractivity contribution in [2.24, 2.45) is 0 Å². The molecule has 13 heavy (non-hydrogen) atoms. The third-order valence-electron chi connectivity index (χ3n) is 2.41. The molecule has 70 valence electrons. The van der Waals surface area contributed by atoms with Crippen molar-refractivity contribution < 1.29 is 4.74 Å². The van der Waals surface area contributed by atoms with Crippen LogP contribution >= 0.6 is 11.8 Å². The lowest BCUT2D eigenvalue weighted by Gasteiger charge is -2.22. The van der Waals surface area contributed by atoms with Gasteiger partial charge in [0.25, 0.3) is 0 Å². The van der Waals surface area contributed by atoms with Crippen LogP contribution in [0.25, 0.3) is 0 Å². The maximum Gasteiger partial charge on any atom is 0.136 e. The van der Waals surface area contributed by atoms with Crippen LogP contribution < -0.4 is 0 Å². The van der Waals surface area contributed by atoms with Crippen molar-refractivity contribution in [2.45, 2.75) is 18.8 Å². The Kier molecular flexibility index (Phi) is 2.35. The van der Waals surface area contributed by atoms with Gasteiger partial charge in [0.1, 0.15) is 4.93 Å². The van der Waals surface area contributed by atoms with E-state index in [-0.39, 0.29) is 4.93 Å². The topological polar surface area (TPSA) is 9.23 Å². The SMILES string of the molecule is Cc1ccc(C2(C)OCCS2)cc1. The first kappa shape index (κ1) is 9.10. The quantitative estimate of drug-likeness (QED) is 0.680. The van der Waals surface area contributed by atoms with Gasteiger partial charge in [0.05, 0.1) is 6.61 Å². The molecule has 1 saturated heterocycles. The van der Waals surface area contributed by atoms with E-state index >= 15 is 0 Å². The first-order valence-electron chi connectivity index (χ1n) is 4.56. The van der Waals surface area contributed by atoms with Crippen LogP contribution in [0.3, 0.4) is 0 Å². The summed E-state index contributed by atoms with van der Waals surface area (Å²) in [6.07, 6.45) is 0. The number of ether oxygens (including phenoxy) is 1. The van der Waals surface area contributed by atoms with Crippen LogP contribution in [0.2, 0.25) is 0 Å². The van der Waals surface area contributed by atoms with Crippen molar-refractivity contribution in [2.75, 3.05) is 12.4 Å². The highest BCUT2D eigenvalue weighted by Gasteiger charge is 2.32. The summed E-state index contributed by atoms with van der Waals surface area (Å²) in [4.78, 5) is -0.103. The fraction of sp³-hybridized carbons (Fsp3) is 0.455. The average Bonchev–Trinajstić information content (AvgIpc) is 2.54. The molecule has 0 aliphatic carbocycles. The third kappa shape index (κ3) is 1.74. The van der Waals surface area contributed by atoms with Crippen molar-refractivity contribution in [1.82, 2.24) is 0 Å². The van der Waals surface area contributed by atoms with Gasteiger partial charge in [-0.15, -0.1) is 11.8 Å². The summed E-state index contributed by atoms with van der Waals surface area (Å²) >= 11 is 1.88. The molecule has 1 aromatic rings. The second kappa shape index (κ2) is 3.35. The summed E-state index contributed by atoms with van der Waals surface area (Å²) in [6.45, 7) is 5.12. The van der Waals surface area contributed by atoms with E-state index in [0.717, 1.165) is 12.4 Å². The van der Waals surface area contributed by atoms with Crippen LogP contribution in [0.1, 0.15) is 18.1 Å². The van der Waals surface area contributed by atoms with E-state index in [0.29, 0.717) is 0 Å². The molecule has 1 heterocycles. The predicted molar refractivity (Wildman–Crippen MR) is 56.9 cm³/mol. The normalized spacial score (nSPS) is 27.8. The van der Waals surface area contributed by atoms with E-state index in [1.54, 1.807) is 0 Å². The zero-order valence-corrected chi connectivity index (χ0v) is 8.86. The Hall–Kier alpha value is -0.470. The van der Waals surface area contributed by atoms with Gasteiger partial charge in [0.15, 0.2) is 0 Å². The summed E-state index contributed by atoms with van der Waals surface area (Å²) in [5, 5.41) is 0. The molecule has 0 radical (unpaired) electrons. The zero-order chi connectivity index (χ0) is 9.31. The molecule has 0 amide bonds. The van der Waals surface area contributed by atoms with Gasteiger partial charge < -0.3 is 4.74 Å². The molecule has 1 fully saturated rings. The largest absolute Gasteiger partial charge is 0.359 e. The molecular formula is C11H14OS. The minimum atomic E-state index is -0.103. The summed E-state index contributed by atoms with van der Waals surface area (Å²) < 4.78 is 5.73. The minimum absolute atomic E-state index is 0.103. The van der Waals surface area contributed by atoms with Crippen LogP contribution in [-0.4, -0.2) is 12.4 Å². The fourth-order valence-electron chi connectivity index (χ4n) is 1.54. The third-order valence-corrected chi connectivity index (χ3v) is 3.69. The molecule has 1 nitrogen and oxygen atoms in total. The molecule has 0 aromatic heterocycles. The van der Waals surface area contributed by atoms with Crippen molar-refractivity contribution >= 4 is 11.8 Å². The molecule has 1 unspecified atom stereocenters. The van der Waals surface area contributed by atoms with E-state index in [9.17, 15) is 0 Å². The Bertz CT molecular complexity index is 285. The lowest BCUT2D eigenvalue weighted by molar-refractivity contribution is 0.0644. The lowest BCUT2D eigenvalue weighted by atomic mass is 10.1. The summed E-state index contributed by atoms with van der Waals surface area (Å²) in [6, 6.07) is 8.60. The Labute approximate surface area is 83.5 Å². The van der Waals surface area contributed by atoms with Crippen LogP contribution in [0.5, 0.6) is 0 Å². The predicted octanol–water partition coefficient (Wildman–Crippen LogP) is 2.93. The second-order valence-electron chi connectivity index (χ2n) is 3.51. The molecule has 2 heteroatoms. The molecule has 0 saturated carbocycles. The molecule has 1 aliphatic rings. The van der Waals surface area contributed by atoms with Crippen LogP contribution in [0, 0.1) is 6.92 Å². The summed E-state index contributed by atoms with van der Waals surface area (Å²) in [5.41, 5.74) is 2.58. The van der Waals surface area contributed by atoms with Crippen LogP contribution in [0.4, 0.5) is 0 Å². The molecule has 2 rings (SSSR count). The number of benzene rings is 1. The number of hydrogen-bond donors (Lipinski definition) is 0. The van der Waals surface area contributed by atoms with Crippen molar-refractivity contribution in [3.63, 3.8) is 0 Å². The van der Waals surface area contributed by atoms with Gasteiger partial charge in [-0.05, 0) is 19.4 Å². The summed E-state index contributed by atoms with van der Waals surface area (Å²) in [7, 11) is 0. The first-order chi connectivity index (χ1) is 6.21. The molecule has 1 aromatic carbocycles. The molecule has 0 N–H and O–H groups in total. The van der Waals surface area contributed by atoms with Crippen LogP contribution in [-0.2, 0) is 9.67 Å². The number of hydrogen-bond acceptors (Lipinski definition) is 2.